The van der Waals surface area contributed by atoms with Crippen LogP contribution >= 0.6 is 11.6 Å². The highest BCUT2D eigenvalue weighted by molar-refractivity contribution is 6.33. The molecule has 0 unspecified atom stereocenters. The number of esters is 1. The molecule has 6 nitrogen and oxygen atoms in total. The topological polar surface area (TPSA) is 62.1 Å². The second kappa shape index (κ2) is 9.05. The summed E-state index contributed by atoms with van der Waals surface area (Å²) in [6.45, 7) is 3.00. The third-order valence-corrected chi connectivity index (χ3v) is 4.73. The van der Waals surface area contributed by atoms with E-state index in [1.54, 1.807) is 24.3 Å². The summed E-state index contributed by atoms with van der Waals surface area (Å²) in [6.07, 6.45) is -3.69. The lowest BCUT2D eigenvalue weighted by Crippen LogP contribution is -2.16. The van der Waals surface area contributed by atoms with Gasteiger partial charge in [-0.05, 0) is 24.1 Å². The Morgan fingerprint density at radius 3 is 2.58 bits per heavy atom. The van der Waals surface area contributed by atoms with E-state index >= 15 is 0 Å². The van der Waals surface area contributed by atoms with Crippen LogP contribution in [0.1, 0.15) is 36.7 Å². The predicted octanol–water partition coefficient (Wildman–Crippen LogP) is 5.26. The molecule has 0 amide bonds. The Kier molecular flexibility index (Phi) is 6.64. The number of carbonyl (C=O) groups is 1. The summed E-state index contributed by atoms with van der Waals surface area (Å²) in [4.78, 5) is 16.5. The number of carbonyl (C=O) groups excluding carboxylic acids is 1. The molecule has 0 bridgehead atoms. The van der Waals surface area contributed by atoms with E-state index in [1.807, 2.05) is 13.8 Å². The average molecular weight is 457 g/mol. The van der Waals surface area contributed by atoms with Crippen molar-refractivity contribution in [1.82, 2.24) is 9.38 Å². The number of imidazole rings is 1. The molecule has 3 rings (SSSR count). The Morgan fingerprint density at radius 1 is 1.23 bits per heavy atom. The molecule has 0 fully saturated rings. The number of ether oxygens (including phenoxy) is 3. The summed E-state index contributed by atoms with van der Waals surface area (Å²) < 4.78 is 56.6. The maximum Gasteiger partial charge on any atom is 0.417 e. The van der Waals surface area contributed by atoms with Crippen molar-refractivity contribution in [2.24, 2.45) is 0 Å². The third-order valence-electron chi connectivity index (χ3n) is 4.45. The minimum absolute atomic E-state index is 0.132. The highest BCUT2D eigenvalue weighted by Gasteiger charge is 2.32. The van der Waals surface area contributed by atoms with Crippen LogP contribution in [-0.2, 0) is 22.3 Å². The number of benzene rings is 1. The van der Waals surface area contributed by atoms with Gasteiger partial charge in [-0.2, -0.15) is 13.2 Å². The molecule has 2 heterocycles. The molecule has 0 N–H and O–H groups in total. The fourth-order valence-electron chi connectivity index (χ4n) is 2.95. The molecule has 1 aromatic carbocycles. The van der Waals surface area contributed by atoms with E-state index < -0.39 is 17.7 Å². The molecule has 0 aliphatic carbocycles. The minimum atomic E-state index is -4.58. The number of hydrogen-bond donors (Lipinski definition) is 0. The molecular weight excluding hydrogens is 437 g/mol. The van der Waals surface area contributed by atoms with E-state index in [0.717, 1.165) is 12.3 Å². The molecule has 166 valence electrons. The SMILES string of the molecule is COc1cccc(OCC(=O)OCc2c(C(C)C)nc3c(Cl)cc(C(F)(F)F)cn23)c1. The van der Waals surface area contributed by atoms with Gasteiger partial charge < -0.3 is 14.2 Å². The van der Waals surface area contributed by atoms with Gasteiger partial charge in [-0.25, -0.2) is 9.78 Å². The van der Waals surface area contributed by atoms with Crippen LogP contribution in [-0.4, -0.2) is 29.1 Å². The first-order valence-corrected chi connectivity index (χ1v) is 9.68. The van der Waals surface area contributed by atoms with Crippen LogP contribution < -0.4 is 9.47 Å². The van der Waals surface area contributed by atoms with Crippen LogP contribution in [0.2, 0.25) is 5.02 Å². The molecule has 10 heteroatoms. The van der Waals surface area contributed by atoms with Gasteiger partial charge in [0.05, 0.1) is 29.1 Å². The minimum Gasteiger partial charge on any atom is -0.497 e. The predicted molar refractivity (Wildman–Crippen MR) is 108 cm³/mol. The number of fused-ring (bicyclic) bond motifs is 1. The number of alkyl halides is 3. The van der Waals surface area contributed by atoms with Gasteiger partial charge >= 0.3 is 12.1 Å². The van der Waals surface area contributed by atoms with Crippen LogP contribution in [0.5, 0.6) is 11.5 Å². The molecule has 0 aliphatic rings. The van der Waals surface area contributed by atoms with Gasteiger partial charge in [0.2, 0.25) is 0 Å². The van der Waals surface area contributed by atoms with E-state index in [0.29, 0.717) is 22.9 Å². The van der Waals surface area contributed by atoms with Crippen LogP contribution in [0.4, 0.5) is 13.2 Å². The zero-order valence-corrected chi connectivity index (χ0v) is 17.8. The molecule has 2 aromatic heterocycles. The quantitative estimate of drug-likeness (QED) is 0.454. The van der Waals surface area contributed by atoms with Crippen LogP contribution in [0.25, 0.3) is 5.65 Å². The number of aromatic nitrogens is 2. The van der Waals surface area contributed by atoms with E-state index in [9.17, 15) is 18.0 Å². The lowest BCUT2D eigenvalue weighted by atomic mass is 10.1. The normalized spacial score (nSPS) is 11.7. The first-order chi connectivity index (χ1) is 14.6. The summed E-state index contributed by atoms with van der Waals surface area (Å²) in [6, 6.07) is 7.51. The van der Waals surface area contributed by atoms with Gasteiger partial charge in [-0.3, -0.25) is 4.40 Å². The Morgan fingerprint density at radius 2 is 1.94 bits per heavy atom. The van der Waals surface area contributed by atoms with E-state index in [-0.39, 0.29) is 29.8 Å². The largest absolute Gasteiger partial charge is 0.497 e. The second-order valence-electron chi connectivity index (χ2n) is 6.99. The molecule has 0 saturated carbocycles. The molecule has 31 heavy (non-hydrogen) atoms. The van der Waals surface area contributed by atoms with Crippen molar-refractivity contribution < 1.29 is 32.2 Å². The third kappa shape index (κ3) is 5.22. The Bertz CT molecular complexity index is 1100. The molecule has 3 aromatic rings. The molecule has 0 saturated heterocycles. The van der Waals surface area contributed by atoms with Crippen molar-refractivity contribution in [2.45, 2.75) is 32.5 Å². The molecule has 0 aliphatic heterocycles. The summed E-state index contributed by atoms with van der Waals surface area (Å²) in [5.74, 6) is 0.156. The van der Waals surface area contributed by atoms with Gasteiger partial charge in [0, 0.05) is 12.3 Å². The van der Waals surface area contributed by atoms with Gasteiger partial charge in [-0.1, -0.05) is 31.5 Å². The van der Waals surface area contributed by atoms with Crippen molar-refractivity contribution in [3.8, 4) is 11.5 Å². The van der Waals surface area contributed by atoms with Gasteiger partial charge in [0.1, 0.15) is 18.1 Å². The van der Waals surface area contributed by atoms with Crippen molar-refractivity contribution in [2.75, 3.05) is 13.7 Å². The highest BCUT2D eigenvalue weighted by atomic mass is 35.5. The van der Waals surface area contributed by atoms with Gasteiger partial charge in [-0.15, -0.1) is 0 Å². The van der Waals surface area contributed by atoms with Crippen molar-refractivity contribution >= 4 is 23.2 Å². The molecule has 0 radical (unpaired) electrons. The average Bonchev–Trinajstić information content (AvgIpc) is 3.09. The van der Waals surface area contributed by atoms with Gasteiger partial charge in [0.15, 0.2) is 12.3 Å². The maximum absolute atomic E-state index is 13.2. The summed E-state index contributed by atoms with van der Waals surface area (Å²) in [7, 11) is 1.51. The van der Waals surface area contributed by atoms with E-state index in [1.165, 1.54) is 11.5 Å². The highest BCUT2D eigenvalue weighted by Crippen LogP contribution is 2.34. The number of rotatable bonds is 7. The zero-order chi connectivity index (χ0) is 22.8. The smallest absolute Gasteiger partial charge is 0.417 e. The molecule has 0 spiro atoms. The lowest BCUT2D eigenvalue weighted by Gasteiger charge is -2.12. The Hall–Kier alpha value is -2.94. The number of pyridine rings is 1. The lowest BCUT2D eigenvalue weighted by molar-refractivity contribution is -0.147. The fourth-order valence-corrected chi connectivity index (χ4v) is 3.20. The van der Waals surface area contributed by atoms with Crippen molar-refractivity contribution in [1.29, 1.82) is 0 Å². The number of halogens is 4. The van der Waals surface area contributed by atoms with Gasteiger partial charge in [0.25, 0.3) is 0 Å². The monoisotopic (exact) mass is 456 g/mol. The van der Waals surface area contributed by atoms with Crippen LogP contribution in [0.3, 0.4) is 0 Å². The zero-order valence-electron chi connectivity index (χ0n) is 17.0. The Balaban J connectivity index is 1.80. The Labute approximate surface area is 181 Å². The first-order valence-electron chi connectivity index (χ1n) is 9.30. The molecule has 0 atom stereocenters. The standard InChI is InChI=1S/C21H20ClF3N2O4/c1-12(2)19-17(27-9-13(21(23,24)25)7-16(22)20(27)26-19)10-31-18(28)11-30-15-6-4-5-14(8-15)29-3/h4-9,12H,10-11H2,1-3H3. The summed E-state index contributed by atoms with van der Waals surface area (Å²) in [5, 5.41) is -0.143. The first kappa shape index (κ1) is 22.7. The fraction of sp³-hybridized carbons (Fsp3) is 0.333. The maximum atomic E-state index is 13.2. The number of nitrogens with zero attached hydrogens (tertiary/aromatic N) is 2. The van der Waals surface area contributed by atoms with Crippen molar-refractivity contribution in [3.63, 3.8) is 0 Å². The van der Waals surface area contributed by atoms with Crippen LogP contribution in [0, 0.1) is 0 Å². The van der Waals surface area contributed by atoms with Crippen molar-refractivity contribution in [3.05, 3.63) is 58.5 Å². The molecular formula is C21H20ClF3N2O4. The van der Waals surface area contributed by atoms with E-state index in [2.05, 4.69) is 4.98 Å². The van der Waals surface area contributed by atoms with E-state index in [4.69, 9.17) is 25.8 Å². The summed E-state index contributed by atoms with van der Waals surface area (Å²) in [5.41, 5.74) is 0.0409. The number of methoxy groups -OCH3 is 1. The number of hydrogen-bond acceptors (Lipinski definition) is 5. The van der Waals surface area contributed by atoms with Crippen LogP contribution in [0.15, 0.2) is 36.5 Å². The summed E-state index contributed by atoms with van der Waals surface area (Å²) >= 11 is 6.04. The second-order valence-corrected chi connectivity index (χ2v) is 7.40.